The van der Waals surface area contributed by atoms with Crippen molar-refractivity contribution in [3.8, 4) is 0 Å². The van der Waals surface area contributed by atoms with Gasteiger partial charge >= 0.3 is 0 Å². The van der Waals surface area contributed by atoms with E-state index in [1.165, 1.54) is 28.5 Å². The molecule has 3 aromatic rings. The Hall–Kier alpha value is -2.65. The molecule has 3 rings (SSSR count). The molecule has 0 heterocycles. The summed E-state index contributed by atoms with van der Waals surface area (Å²) in [5.74, 6) is 0. The molecular formula is C20H16ClNO2. The van der Waals surface area contributed by atoms with E-state index in [-0.39, 0.29) is 5.69 Å². The van der Waals surface area contributed by atoms with Gasteiger partial charge in [-0.25, -0.2) is 0 Å². The molecule has 0 aliphatic heterocycles. The Kier molecular flexibility index (Phi) is 4.92. The zero-order valence-corrected chi connectivity index (χ0v) is 13.7. The lowest BCUT2D eigenvalue weighted by molar-refractivity contribution is -0.384. The van der Waals surface area contributed by atoms with Crippen LogP contribution >= 0.6 is 11.6 Å². The largest absolute Gasteiger partial charge is 0.270 e. The number of benzene rings is 3. The molecule has 0 atom stereocenters. The lowest BCUT2D eigenvalue weighted by Crippen LogP contribution is -1.88. The molecule has 0 fully saturated rings. The van der Waals surface area contributed by atoms with Gasteiger partial charge in [-0.1, -0.05) is 66.2 Å². The maximum Gasteiger partial charge on any atom is 0.270 e. The van der Waals surface area contributed by atoms with Crippen LogP contribution in [0.3, 0.4) is 0 Å². The first-order valence-electron chi connectivity index (χ1n) is 7.71. The van der Waals surface area contributed by atoms with Crippen LogP contribution in [0.25, 0.3) is 16.8 Å². The third-order valence-corrected chi connectivity index (χ3v) is 4.23. The lowest BCUT2D eigenvalue weighted by atomic mass is 10.0. The van der Waals surface area contributed by atoms with E-state index < -0.39 is 4.92 Å². The molecule has 0 saturated heterocycles. The number of nitro benzene ring substituents is 1. The Balaban J connectivity index is 1.64. The maximum absolute atomic E-state index is 10.7. The Morgan fingerprint density at radius 1 is 1.00 bits per heavy atom. The minimum absolute atomic E-state index is 0.00770. The normalized spacial score (nSPS) is 11.2. The minimum Gasteiger partial charge on any atom is -0.258 e. The van der Waals surface area contributed by atoms with Crippen LogP contribution in [-0.4, -0.2) is 4.92 Å². The summed E-state index contributed by atoms with van der Waals surface area (Å²) in [5, 5.41) is 13.6. The monoisotopic (exact) mass is 337 g/mol. The Morgan fingerprint density at radius 2 is 1.79 bits per heavy atom. The van der Waals surface area contributed by atoms with Crippen molar-refractivity contribution in [2.75, 3.05) is 0 Å². The summed E-state index contributed by atoms with van der Waals surface area (Å²) in [6.07, 6.45) is 5.77. The van der Waals surface area contributed by atoms with Gasteiger partial charge in [0.05, 0.1) is 9.95 Å². The second kappa shape index (κ2) is 7.28. The number of fused-ring (bicyclic) bond motifs is 1. The van der Waals surface area contributed by atoms with Crippen LogP contribution in [0.15, 0.2) is 66.7 Å². The molecule has 0 amide bonds. The molecule has 0 saturated carbocycles. The molecule has 0 aliphatic carbocycles. The highest BCUT2D eigenvalue weighted by Gasteiger charge is 2.07. The van der Waals surface area contributed by atoms with Gasteiger partial charge in [-0.3, -0.25) is 10.1 Å². The summed E-state index contributed by atoms with van der Waals surface area (Å²) in [6.45, 7) is 0. The summed E-state index contributed by atoms with van der Waals surface area (Å²) in [5.41, 5.74) is 2.09. The first kappa shape index (κ1) is 16.2. The molecule has 0 unspecified atom stereocenters. The van der Waals surface area contributed by atoms with Gasteiger partial charge in [-0.2, -0.15) is 0 Å². The summed E-state index contributed by atoms with van der Waals surface area (Å²) in [4.78, 5) is 10.3. The second-order valence-corrected chi connectivity index (χ2v) is 5.99. The van der Waals surface area contributed by atoms with Crippen molar-refractivity contribution in [1.29, 1.82) is 0 Å². The number of aryl methyl sites for hydroxylation is 1. The van der Waals surface area contributed by atoms with Crippen LogP contribution in [0.4, 0.5) is 5.69 Å². The summed E-state index contributed by atoms with van der Waals surface area (Å²) >= 11 is 6.08. The molecule has 120 valence electrons. The number of rotatable bonds is 5. The highest BCUT2D eigenvalue weighted by molar-refractivity contribution is 6.32. The quantitative estimate of drug-likeness (QED) is 0.420. The van der Waals surface area contributed by atoms with Gasteiger partial charge in [-0.15, -0.1) is 0 Å². The van der Waals surface area contributed by atoms with E-state index in [4.69, 9.17) is 11.6 Å². The second-order valence-electron chi connectivity index (χ2n) is 5.59. The van der Waals surface area contributed by atoms with Crippen LogP contribution in [0.2, 0.25) is 5.02 Å². The molecule has 0 aliphatic rings. The minimum atomic E-state index is -0.445. The van der Waals surface area contributed by atoms with Crippen molar-refractivity contribution >= 4 is 34.1 Å². The van der Waals surface area contributed by atoms with Crippen molar-refractivity contribution in [3.05, 3.63) is 93.0 Å². The average Bonchev–Trinajstić information content (AvgIpc) is 2.59. The summed E-state index contributed by atoms with van der Waals surface area (Å²) in [6, 6.07) is 19.3. The summed E-state index contributed by atoms with van der Waals surface area (Å²) < 4.78 is 0. The molecule has 0 radical (unpaired) electrons. The number of non-ortho nitro benzene ring substituents is 1. The van der Waals surface area contributed by atoms with Crippen LogP contribution in [0.1, 0.15) is 17.5 Å². The average molecular weight is 338 g/mol. The van der Waals surface area contributed by atoms with Crippen LogP contribution in [-0.2, 0) is 6.42 Å². The van der Waals surface area contributed by atoms with E-state index in [9.17, 15) is 10.1 Å². The molecule has 0 N–H and O–H groups in total. The Morgan fingerprint density at radius 3 is 2.54 bits per heavy atom. The third kappa shape index (κ3) is 3.81. The zero-order chi connectivity index (χ0) is 16.9. The number of hydrogen-bond acceptors (Lipinski definition) is 2. The first-order chi connectivity index (χ1) is 11.6. The first-order valence-corrected chi connectivity index (χ1v) is 8.09. The number of allylic oxidation sites excluding steroid dienone is 1. The standard InChI is InChI=1S/C20H16ClNO2/c21-20-14-19(22(23)24)12-11-17(20)7-2-1-5-15-9-10-16-6-3-4-8-18(16)13-15/h2-4,6-14H,1,5H2/b7-2+. The van der Waals surface area contributed by atoms with Gasteiger partial charge in [0, 0.05) is 12.1 Å². The van der Waals surface area contributed by atoms with E-state index in [0.717, 1.165) is 18.4 Å². The topological polar surface area (TPSA) is 43.1 Å². The molecule has 3 aromatic carbocycles. The van der Waals surface area contributed by atoms with E-state index in [1.807, 2.05) is 24.3 Å². The number of halogens is 1. The Labute approximate surface area is 145 Å². The third-order valence-electron chi connectivity index (χ3n) is 3.91. The van der Waals surface area contributed by atoms with Gasteiger partial charge in [0.2, 0.25) is 0 Å². The SMILES string of the molecule is O=[N+]([O-])c1ccc(/C=C/CCc2ccc3ccccc3c2)c(Cl)c1. The predicted octanol–water partition coefficient (Wildman–Crippen LogP) is 6.05. The highest BCUT2D eigenvalue weighted by Crippen LogP contribution is 2.24. The van der Waals surface area contributed by atoms with Crippen molar-refractivity contribution in [2.24, 2.45) is 0 Å². The lowest BCUT2D eigenvalue weighted by Gasteiger charge is -2.02. The van der Waals surface area contributed by atoms with E-state index >= 15 is 0 Å². The highest BCUT2D eigenvalue weighted by atomic mass is 35.5. The van der Waals surface area contributed by atoms with Gasteiger partial charge < -0.3 is 0 Å². The predicted molar refractivity (Wildman–Crippen MR) is 99.4 cm³/mol. The van der Waals surface area contributed by atoms with Gasteiger partial charge in [0.1, 0.15) is 0 Å². The van der Waals surface area contributed by atoms with Crippen molar-refractivity contribution in [2.45, 2.75) is 12.8 Å². The molecular weight excluding hydrogens is 322 g/mol. The molecule has 3 nitrogen and oxygen atoms in total. The smallest absolute Gasteiger partial charge is 0.258 e. The van der Waals surface area contributed by atoms with Crippen molar-refractivity contribution < 1.29 is 4.92 Å². The van der Waals surface area contributed by atoms with E-state index in [1.54, 1.807) is 6.07 Å². The summed E-state index contributed by atoms with van der Waals surface area (Å²) in [7, 11) is 0. The maximum atomic E-state index is 10.7. The molecule has 4 heteroatoms. The van der Waals surface area contributed by atoms with Crippen molar-refractivity contribution in [1.82, 2.24) is 0 Å². The fourth-order valence-electron chi connectivity index (χ4n) is 2.62. The van der Waals surface area contributed by atoms with E-state index in [0.29, 0.717) is 5.02 Å². The molecule has 0 aromatic heterocycles. The zero-order valence-electron chi connectivity index (χ0n) is 13.0. The van der Waals surface area contributed by atoms with Crippen molar-refractivity contribution in [3.63, 3.8) is 0 Å². The molecule has 0 bridgehead atoms. The molecule has 0 spiro atoms. The van der Waals surface area contributed by atoms with Crippen LogP contribution in [0, 0.1) is 10.1 Å². The van der Waals surface area contributed by atoms with E-state index in [2.05, 4.69) is 30.3 Å². The fraction of sp³-hybridized carbons (Fsp3) is 0.100. The van der Waals surface area contributed by atoms with Gasteiger partial charge in [-0.05, 0) is 40.8 Å². The number of nitrogens with zero attached hydrogens (tertiary/aromatic N) is 1. The van der Waals surface area contributed by atoms with Gasteiger partial charge in [0.15, 0.2) is 0 Å². The van der Waals surface area contributed by atoms with Crippen LogP contribution < -0.4 is 0 Å². The van der Waals surface area contributed by atoms with Gasteiger partial charge in [0.25, 0.3) is 5.69 Å². The molecule has 24 heavy (non-hydrogen) atoms. The Bertz CT molecular complexity index is 918. The number of hydrogen-bond donors (Lipinski definition) is 0. The number of nitro groups is 1. The van der Waals surface area contributed by atoms with Crippen LogP contribution in [0.5, 0.6) is 0 Å². The fourth-order valence-corrected chi connectivity index (χ4v) is 2.86.